The van der Waals surface area contributed by atoms with Crippen LogP contribution in [0.1, 0.15) is 13.8 Å². The van der Waals surface area contributed by atoms with Crippen molar-refractivity contribution in [1.29, 1.82) is 0 Å². The molecule has 0 saturated heterocycles. The van der Waals surface area contributed by atoms with Crippen molar-refractivity contribution in [2.75, 3.05) is 0 Å². The Kier molecular flexibility index (Phi) is 3.32. The second-order valence-corrected chi connectivity index (χ2v) is 2.46. The van der Waals surface area contributed by atoms with Gasteiger partial charge in [-0.05, 0) is 6.92 Å². The number of aliphatic hydroxyl groups excluding tert-OH is 1. The molecule has 0 aliphatic rings. The summed E-state index contributed by atoms with van der Waals surface area (Å²) in [6.45, 7) is 3.12. The Balaban J connectivity index is 3.94. The minimum absolute atomic E-state index is 0.405. The summed E-state index contributed by atoms with van der Waals surface area (Å²) >= 11 is 0. The molecule has 3 atom stereocenters. The Bertz CT molecular complexity index is 124. The molecular weight excluding hydrogens is 134 g/mol. The van der Waals surface area contributed by atoms with Gasteiger partial charge in [0.05, 0.1) is 6.10 Å². The fourth-order valence-electron chi connectivity index (χ4n) is 0.525. The Morgan fingerprint density at radius 3 is 2.00 bits per heavy atom. The van der Waals surface area contributed by atoms with Crippen LogP contribution in [0.2, 0.25) is 0 Å². The smallest absolute Gasteiger partial charge is 0.320 e. The van der Waals surface area contributed by atoms with E-state index in [0.717, 1.165) is 0 Å². The van der Waals surface area contributed by atoms with Gasteiger partial charge in [-0.2, -0.15) is 0 Å². The van der Waals surface area contributed by atoms with Crippen LogP contribution in [0.15, 0.2) is 0 Å². The second kappa shape index (κ2) is 3.53. The quantitative estimate of drug-likeness (QED) is 0.498. The lowest BCUT2D eigenvalue weighted by molar-refractivity contribution is -0.140. The van der Waals surface area contributed by atoms with Gasteiger partial charge in [0.15, 0.2) is 0 Å². The van der Waals surface area contributed by atoms with Gasteiger partial charge in [0.1, 0.15) is 6.04 Å². The topological polar surface area (TPSA) is 83.5 Å². The Morgan fingerprint density at radius 1 is 1.50 bits per heavy atom. The molecule has 0 aromatic carbocycles. The highest BCUT2D eigenvalue weighted by Gasteiger charge is 2.23. The summed E-state index contributed by atoms with van der Waals surface area (Å²) in [4.78, 5) is 10.2. The SMILES string of the molecule is CC(O)[C@H](C)[C@@H](N)C(=O)O. The predicted octanol–water partition coefficient (Wildman–Crippen LogP) is -0.585. The molecule has 0 rings (SSSR count). The van der Waals surface area contributed by atoms with Gasteiger partial charge in [-0.3, -0.25) is 4.79 Å². The number of rotatable bonds is 3. The van der Waals surface area contributed by atoms with E-state index in [0.29, 0.717) is 0 Å². The van der Waals surface area contributed by atoms with Gasteiger partial charge >= 0.3 is 5.97 Å². The van der Waals surface area contributed by atoms with Crippen molar-refractivity contribution in [1.82, 2.24) is 0 Å². The summed E-state index contributed by atoms with van der Waals surface area (Å²) < 4.78 is 0. The number of carbonyl (C=O) groups is 1. The predicted molar refractivity (Wildman–Crippen MR) is 36.5 cm³/mol. The number of aliphatic hydroxyl groups is 1. The van der Waals surface area contributed by atoms with Crippen LogP contribution in [0.3, 0.4) is 0 Å². The summed E-state index contributed by atoms with van der Waals surface area (Å²) in [5.74, 6) is -1.48. The van der Waals surface area contributed by atoms with Gasteiger partial charge in [0.25, 0.3) is 0 Å². The molecule has 0 aliphatic carbocycles. The van der Waals surface area contributed by atoms with E-state index in [1.807, 2.05) is 0 Å². The normalized spacial score (nSPS) is 19.6. The lowest BCUT2D eigenvalue weighted by Crippen LogP contribution is -2.41. The van der Waals surface area contributed by atoms with Gasteiger partial charge < -0.3 is 15.9 Å². The van der Waals surface area contributed by atoms with Gasteiger partial charge in [-0.1, -0.05) is 6.92 Å². The Labute approximate surface area is 59.7 Å². The van der Waals surface area contributed by atoms with E-state index in [1.54, 1.807) is 6.92 Å². The lowest BCUT2D eigenvalue weighted by Gasteiger charge is -2.17. The molecular formula is C6H13NO3. The monoisotopic (exact) mass is 147 g/mol. The summed E-state index contributed by atoms with van der Waals surface area (Å²) in [5, 5.41) is 17.3. The van der Waals surface area contributed by atoms with Gasteiger partial charge in [0.2, 0.25) is 0 Å². The van der Waals surface area contributed by atoms with Crippen LogP contribution in [0, 0.1) is 5.92 Å². The van der Waals surface area contributed by atoms with E-state index in [-0.39, 0.29) is 0 Å². The van der Waals surface area contributed by atoms with E-state index in [1.165, 1.54) is 6.92 Å². The number of aliphatic carboxylic acids is 1. The summed E-state index contributed by atoms with van der Waals surface area (Å²) in [5.41, 5.74) is 5.20. The van der Waals surface area contributed by atoms with Crippen LogP contribution < -0.4 is 5.73 Å². The molecule has 0 aromatic heterocycles. The fourth-order valence-corrected chi connectivity index (χ4v) is 0.525. The van der Waals surface area contributed by atoms with Crippen molar-refractivity contribution in [3.05, 3.63) is 0 Å². The third-order valence-electron chi connectivity index (χ3n) is 1.61. The van der Waals surface area contributed by atoms with E-state index in [2.05, 4.69) is 0 Å². The first-order valence-corrected chi connectivity index (χ1v) is 3.13. The molecule has 10 heavy (non-hydrogen) atoms. The molecule has 0 bridgehead atoms. The minimum Gasteiger partial charge on any atom is -0.480 e. The first-order valence-electron chi connectivity index (χ1n) is 3.13. The summed E-state index contributed by atoms with van der Waals surface area (Å²) in [6, 6.07) is -0.972. The molecule has 0 aromatic rings. The van der Waals surface area contributed by atoms with Crippen LogP contribution in [0.4, 0.5) is 0 Å². The van der Waals surface area contributed by atoms with E-state index in [4.69, 9.17) is 15.9 Å². The highest BCUT2D eigenvalue weighted by Crippen LogP contribution is 2.05. The van der Waals surface area contributed by atoms with Crippen LogP contribution in [0.25, 0.3) is 0 Å². The maximum absolute atomic E-state index is 10.2. The van der Waals surface area contributed by atoms with E-state index in [9.17, 15) is 4.79 Å². The molecule has 4 nitrogen and oxygen atoms in total. The molecule has 4 heteroatoms. The standard InChI is InChI=1S/C6H13NO3/c1-3(4(2)8)5(7)6(9)10/h3-5,8H,7H2,1-2H3,(H,9,10)/t3-,4?,5+/m0/s1. The van der Waals surface area contributed by atoms with Crippen molar-refractivity contribution in [2.45, 2.75) is 26.0 Å². The maximum atomic E-state index is 10.2. The largest absolute Gasteiger partial charge is 0.480 e. The molecule has 1 unspecified atom stereocenters. The molecule has 0 fully saturated rings. The maximum Gasteiger partial charge on any atom is 0.320 e. The molecule has 0 saturated carbocycles. The van der Waals surface area contributed by atoms with Crippen LogP contribution >= 0.6 is 0 Å². The van der Waals surface area contributed by atoms with Crippen molar-refractivity contribution in [3.8, 4) is 0 Å². The Morgan fingerprint density at radius 2 is 1.90 bits per heavy atom. The van der Waals surface area contributed by atoms with Gasteiger partial charge in [-0.15, -0.1) is 0 Å². The van der Waals surface area contributed by atoms with Crippen molar-refractivity contribution < 1.29 is 15.0 Å². The van der Waals surface area contributed by atoms with Crippen LogP contribution in [0.5, 0.6) is 0 Å². The molecule has 0 heterocycles. The third-order valence-corrected chi connectivity index (χ3v) is 1.61. The fraction of sp³-hybridized carbons (Fsp3) is 0.833. The zero-order valence-electron chi connectivity index (χ0n) is 6.11. The average molecular weight is 147 g/mol. The summed E-state index contributed by atoms with van der Waals surface area (Å²) in [6.07, 6.45) is -0.675. The van der Waals surface area contributed by atoms with Crippen molar-refractivity contribution in [2.24, 2.45) is 11.7 Å². The minimum atomic E-state index is -1.08. The number of hydrogen-bond donors (Lipinski definition) is 3. The molecule has 0 aliphatic heterocycles. The number of carboxylic acids is 1. The van der Waals surface area contributed by atoms with Crippen molar-refractivity contribution >= 4 is 5.97 Å². The van der Waals surface area contributed by atoms with Crippen molar-refractivity contribution in [3.63, 3.8) is 0 Å². The summed E-state index contributed by atoms with van der Waals surface area (Å²) in [7, 11) is 0. The molecule has 60 valence electrons. The molecule has 0 amide bonds. The zero-order valence-corrected chi connectivity index (χ0v) is 6.11. The number of carboxylic acid groups (broad SMARTS) is 1. The van der Waals surface area contributed by atoms with Gasteiger partial charge in [0, 0.05) is 5.92 Å². The highest BCUT2D eigenvalue weighted by atomic mass is 16.4. The van der Waals surface area contributed by atoms with Crippen LogP contribution in [-0.2, 0) is 4.79 Å². The first kappa shape index (κ1) is 9.39. The lowest BCUT2D eigenvalue weighted by atomic mass is 9.98. The molecule has 0 radical (unpaired) electrons. The zero-order chi connectivity index (χ0) is 8.31. The van der Waals surface area contributed by atoms with Crippen LogP contribution in [-0.4, -0.2) is 28.3 Å². The number of hydrogen-bond acceptors (Lipinski definition) is 3. The first-order chi connectivity index (χ1) is 4.46. The highest BCUT2D eigenvalue weighted by molar-refractivity contribution is 5.73. The average Bonchev–Trinajstić information content (AvgIpc) is 1.84. The van der Waals surface area contributed by atoms with E-state index >= 15 is 0 Å². The third kappa shape index (κ3) is 2.33. The molecule has 4 N–H and O–H groups in total. The molecule has 0 spiro atoms. The second-order valence-electron chi connectivity index (χ2n) is 2.46. The van der Waals surface area contributed by atoms with E-state index < -0.39 is 24.0 Å². The Hall–Kier alpha value is -0.610. The van der Waals surface area contributed by atoms with Gasteiger partial charge in [-0.25, -0.2) is 0 Å². The number of nitrogens with two attached hydrogens (primary N) is 1.